The summed E-state index contributed by atoms with van der Waals surface area (Å²) in [4.78, 5) is 27.4. The third-order valence-corrected chi connectivity index (χ3v) is 7.02. The van der Waals surface area contributed by atoms with Crippen molar-refractivity contribution in [3.8, 4) is 45.7 Å². The zero-order valence-electron chi connectivity index (χ0n) is 25.0. The third kappa shape index (κ3) is 7.06. The quantitative estimate of drug-likeness (QED) is 0.0860. The molecule has 9 nitrogen and oxygen atoms in total. The summed E-state index contributed by atoms with van der Waals surface area (Å²) in [5, 5.41) is 35.3. The van der Waals surface area contributed by atoms with E-state index in [0.29, 0.717) is 27.9 Å². The summed E-state index contributed by atoms with van der Waals surface area (Å²) in [7, 11) is 2.84. The van der Waals surface area contributed by atoms with E-state index in [2.05, 4.69) is 0 Å². The van der Waals surface area contributed by atoms with Crippen LogP contribution in [0, 0.1) is 0 Å². The van der Waals surface area contributed by atoms with Crippen molar-refractivity contribution >= 4 is 29.8 Å². The second kappa shape index (κ2) is 14.0. The molecule has 0 atom stereocenters. The zero-order chi connectivity index (χ0) is 32.6. The maximum Gasteiger partial charge on any atom is 0.189 e. The molecule has 9 heteroatoms. The van der Waals surface area contributed by atoms with Gasteiger partial charge in [-0.05, 0) is 77.9 Å². The lowest BCUT2D eigenvalue weighted by Crippen LogP contribution is -2.08. The molecule has 0 fully saturated rings. The van der Waals surface area contributed by atoms with Gasteiger partial charge >= 0.3 is 0 Å². The van der Waals surface area contributed by atoms with Crippen LogP contribution in [0.1, 0.15) is 16.7 Å². The van der Waals surface area contributed by atoms with Gasteiger partial charge in [-0.25, -0.2) is 4.68 Å². The number of benzene rings is 4. The van der Waals surface area contributed by atoms with Gasteiger partial charge in [0, 0.05) is 17.3 Å². The van der Waals surface area contributed by atoms with Crippen molar-refractivity contribution in [1.82, 2.24) is 9.78 Å². The van der Waals surface area contributed by atoms with Crippen LogP contribution in [0.3, 0.4) is 0 Å². The van der Waals surface area contributed by atoms with Crippen molar-refractivity contribution in [2.24, 2.45) is 0 Å². The van der Waals surface area contributed by atoms with E-state index in [0.717, 1.165) is 5.69 Å². The molecule has 46 heavy (non-hydrogen) atoms. The Morgan fingerprint density at radius 1 is 0.696 bits per heavy atom. The second-order valence-electron chi connectivity index (χ2n) is 10.0. The van der Waals surface area contributed by atoms with Gasteiger partial charge in [0.1, 0.15) is 11.4 Å². The highest BCUT2D eigenvalue weighted by atomic mass is 16.5. The lowest BCUT2D eigenvalue weighted by molar-refractivity contribution is -0.116. The Kier molecular flexibility index (Phi) is 9.43. The number of carbonyl (C=O) groups is 2. The monoisotopic (exact) mass is 614 g/mol. The number of aromatic nitrogens is 2. The number of ketones is 2. The van der Waals surface area contributed by atoms with Gasteiger partial charge in [0.25, 0.3) is 0 Å². The van der Waals surface area contributed by atoms with Crippen LogP contribution < -0.4 is 9.47 Å². The summed E-state index contributed by atoms with van der Waals surface area (Å²) in [5.74, 6) is -0.850. The molecular formula is C37H30N2O7. The van der Waals surface area contributed by atoms with Crippen LogP contribution in [0.5, 0.6) is 28.7 Å². The fraction of sp³-hybridized carbons (Fsp3) is 0.0541. The smallest absolute Gasteiger partial charge is 0.189 e. The number of hydrogen-bond donors (Lipinski definition) is 3. The molecule has 5 aromatic rings. The number of allylic oxidation sites excluding steroid dienone is 3. The van der Waals surface area contributed by atoms with Crippen LogP contribution in [-0.4, -0.2) is 50.9 Å². The van der Waals surface area contributed by atoms with Crippen LogP contribution in [0.25, 0.3) is 35.2 Å². The topological polar surface area (TPSA) is 131 Å². The highest BCUT2D eigenvalue weighted by Gasteiger charge is 2.19. The van der Waals surface area contributed by atoms with Crippen molar-refractivity contribution in [2.45, 2.75) is 0 Å². The summed E-state index contributed by atoms with van der Waals surface area (Å²) < 4.78 is 11.9. The first kappa shape index (κ1) is 31.1. The van der Waals surface area contributed by atoms with Gasteiger partial charge < -0.3 is 24.8 Å². The van der Waals surface area contributed by atoms with Crippen molar-refractivity contribution in [3.05, 3.63) is 132 Å². The fourth-order valence-electron chi connectivity index (χ4n) is 4.63. The number of phenols is 3. The highest BCUT2D eigenvalue weighted by Crippen LogP contribution is 2.33. The van der Waals surface area contributed by atoms with E-state index >= 15 is 0 Å². The van der Waals surface area contributed by atoms with Gasteiger partial charge in [0.05, 0.1) is 25.5 Å². The number of methoxy groups -OCH3 is 2. The molecule has 0 aliphatic carbocycles. The number of para-hydroxylation sites is 2. The molecule has 1 heterocycles. The molecule has 0 radical (unpaired) electrons. The van der Waals surface area contributed by atoms with Crippen LogP contribution in [-0.2, 0) is 9.59 Å². The van der Waals surface area contributed by atoms with Gasteiger partial charge in [-0.1, -0.05) is 54.6 Å². The number of phenolic OH excluding ortho intramolecular Hbond substituents is 3. The average molecular weight is 615 g/mol. The molecule has 0 saturated heterocycles. The van der Waals surface area contributed by atoms with Crippen LogP contribution in [0.15, 0.2) is 115 Å². The Hall–Kier alpha value is -6.35. The molecule has 0 saturated carbocycles. The molecule has 0 aliphatic heterocycles. The summed E-state index contributed by atoms with van der Waals surface area (Å²) in [6.45, 7) is 0. The normalized spacial score (nSPS) is 11.1. The van der Waals surface area contributed by atoms with Gasteiger partial charge in [-0.2, -0.15) is 5.10 Å². The minimum atomic E-state index is -0.597. The lowest BCUT2D eigenvalue weighted by atomic mass is 9.99. The van der Waals surface area contributed by atoms with Gasteiger partial charge in [0.15, 0.2) is 34.6 Å². The molecule has 0 unspecified atom stereocenters. The number of rotatable bonds is 11. The summed E-state index contributed by atoms with van der Waals surface area (Å²) >= 11 is 0. The molecule has 230 valence electrons. The van der Waals surface area contributed by atoms with E-state index in [9.17, 15) is 24.9 Å². The second-order valence-corrected chi connectivity index (χ2v) is 10.0. The molecule has 0 amide bonds. The molecule has 5 rings (SSSR count). The first-order valence-corrected chi connectivity index (χ1v) is 14.1. The van der Waals surface area contributed by atoms with E-state index in [-0.39, 0.29) is 34.3 Å². The molecule has 4 aromatic carbocycles. The third-order valence-electron chi connectivity index (χ3n) is 7.02. The summed E-state index contributed by atoms with van der Waals surface area (Å²) in [6.07, 6.45) is 8.67. The minimum Gasteiger partial charge on any atom is -0.507 e. The molecule has 1 aromatic heterocycles. The molecule has 0 spiro atoms. The van der Waals surface area contributed by atoms with Crippen LogP contribution >= 0.6 is 0 Å². The van der Waals surface area contributed by atoms with Crippen molar-refractivity contribution in [3.63, 3.8) is 0 Å². The first-order valence-electron chi connectivity index (χ1n) is 14.1. The van der Waals surface area contributed by atoms with Crippen LogP contribution in [0.4, 0.5) is 0 Å². The zero-order valence-corrected chi connectivity index (χ0v) is 25.0. The number of carbonyl (C=O) groups excluding carboxylic acids is 2. The predicted molar refractivity (Wildman–Crippen MR) is 176 cm³/mol. The Labute approximate surface area is 265 Å². The fourth-order valence-corrected chi connectivity index (χ4v) is 4.63. The highest BCUT2D eigenvalue weighted by molar-refractivity contribution is 6.31. The van der Waals surface area contributed by atoms with E-state index in [1.165, 1.54) is 62.8 Å². The number of hydrogen-bond acceptors (Lipinski definition) is 8. The molecule has 0 aliphatic rings. The van der Waals surface area contributed by atoms with Gasteiger partial charge in [0.2, 0.25) is 0 Å². The molecule has 0 bridgehead atoms. The lowest BCUT2D eigenvalue weighted by Gasteiger charge is -2.05. The predicted octanol–water partition coefficient (Wildman–Crippen LogP) is 6.62. The number of ether oxygens (including phenoxy) is 2. The Morgan fingerprint density at radius 2 is 1.24 bits per heavy atom. The average Bonchev–Trinajstić information content (AvgIpc) is 3.50. The van der Waals surface area contributed by atoms with Crippen molar-refractivity contribution < 1.29 is 34.4 Å². The maximum absolute atomic E-state index is 13.7. The minimum absolute atomic E-state index is 0.0167. The van der Waals surface area contributed by atoms with Crippen LogP contribution in [0.2, 0.25) is 0 Å². The van der Waals surface area contributed by atoms with E-state index < -0.39 is 11.6 Å². The van der Waals surface area contributed by atoms with E-state index in [1.54, 1.807) is 53.3 Å². The number of nitrogens with zero attached hydrogens (tertiary/aromatic N) is 2. The largest absolute Gasteiger partial charge is 0.507 e. The summed E-state index contributed by atoms with van der Waals surface area (Å²) in [6, 6.07) is 25.2. The molecule has 3 N–H and O–H groups in total. The van der Waals surface area contributed by atoms with E-state index in [4.69, 9.17) is 14.6 Å². The van der Waals surface area contributed by atoms with E-state index in [1.807, 2.05) is 30.3 Å². The SMILES string of the molecule is COc1cc(/C=C/C(=O)C(=Cc2cn(-c3ccccc3)nc2-c2ccccc2O)C(=O)/C=C/c2ccc(O)c(OC)c2)ccc1O. The maximum atomic E-state index is 13.7. The summed E-state index contributed by atoms with van der Waals surface area (Å²) in [5.41, 5.74) is 2.89. The van der Waals surface area contributed by atoms with Crippen molar-refractivity contribution in [1.29, 1.82) is 0 Å². The first-order chi connectivity index (χ1) is 22.3. The van der Waals surface area contributed by atoms with Crippen molar-refractivity contribution in [2.75, 3.05) is 14.2 Å². The molecular weight excluding hydrogens is 584 g/mol. The number of aromatic hydroxyl groups is 3. The Bertz CT molecular complexity index is 1910. The Balaban J connectivity index is 1.61. The Morgan fingerprint density at radius 3 is 1.78 bits per heavy atom. The standard InChI is InChI=1S/C37H30N2O7/c1-45-35-20-24(14-18-33(35)43)12-16-31(41)29(32(42)17-13-25-15-19-34(44)36(21-25)46-2)22-26-23-39(27-8-4-3-5-9-27)38-37(26)28-10-6-7-11-30(28)40/h3-23,40,43-44H,1-2H3/b16-12+,17-13+. The van der Waals surface area contributed by atoms with Gasteiger partial charge in [-0.15, -0.1) is 0 Å². The van der Waals surface area contributed by atoms with Gasteiger partial charge in [-0.3, -0.25) is 9.59 Å².